The van der Waals surface area contributed by atoms with Gasteiger partial charge in [-0.25, -0.2) is 0 Å². The van der Waals surface area contributed by atoms with E-state index in [2.05, 4.69) is 102 Å². The Morgan fingerprint density at radius 2 is 0.969 bits per heavy atom. The average molecular weight is 406 g/mol. The van der Waals surface area contributed by atoms with Crippen molar-refractivity contribution in [3.63, 3.8) is 0 Å². The first-order chi connectivity index (χ1) is 15.8. The van der Waals surface area contributed by atoms with Crippen LogP contribution in [0.1, 0.15) is 5.56 Å². The lowest BCUT2D eigenvalue weighted by atomic mass is 9.92. The van der Waals surface area contributed by atoms with Crippen LogP contribution in [0.25, 0.3) is 54.6 Å². The third-order valence-corrected chi connectivity index (χ3v) is 6.16. The average Bonchev–Trinajstić information content (AvgIpc) is 2.89. The Morgan fingerprint density at radius 1 is 0.469 bits per heavy atom. The molecular weight excluding hydrogens is 388 g/mol. The third-order valence-electron chi connectivity index (χ3n) is 6.16. The van der Waals surface area contributed by atoms with Crippen molar-refractivity contribution in [3.8, 4) is 28.3 Å². The molecule has 0 atom stereocenters. The van der Waals surface area contributed by atoms with Crippen LogP contribution < -0.4 is 0 Å². The van der Waals surface area contributed by atoms with Gasteiger partial charge in [-0.1, -0.05) is 84.9 Å². The van der Waals surface area contributed by atoms with E-state index in [1.165, 1.54) is 37.9 Å². The number of fused-ring (bicyclic) bond motifs is 6. The first kappa shape index (κ1) is 18.3. The zero-order valence-electron chi connectivity index (χ0n) is 17.3. The lowest BCUT2D eigenvalue weighted by Crippen LogP contribution is -1.86. The van der Waals surface area contributed by atoms with Crippen molar-refractivity contribution in [1.29, 1.82) is 5.26 Å². The number of nitrogens with zero attached hydrogens (tertiary/aromatic N) is 2. The number of hydrogen-bond donors (Lipinski definition) is 0. The van der Waals surface area contributed by atoms with Crippen LogP contribution in [0.15, 0.2) is 109 Å². The zero-order chi connectivity index (χ0) is 21.5. The fraction of sp³-hybridized carbons (Fsp3) is 0. The quantitative estimate of drug-likeness (QED) is 0.276. The summed E-state index contributed by atoms with van der Waals surface area (Å²) >= 11 is 0. The highest BCUT2D eigenvalue weighted by Crippen LogP contribution is 2.37. The number of nitriles is 1. The Hall–Kier alpha value is -4.48. The summed E-state index contributed by atoms with van der Waals surface area (Å²) in [5.41, 5.74) is 4.92. The summed E-state index contributed by atoms with van der Waals surface area (Å²) in [5.74, 6) is 0. The molecule has 1 aromatic heterocycles. The van der Waals surface area contributed by atoms with Crippen molar-refractivity contribution in [2.24, 2.45) is 0 Å². The van der Waals surface area contributed by atoms with Crippen LogP contribution in [0.4, 0.5) is 0 Å². The summed E-state index contributed by atoms with van der Waals surface area (Å²) < 4.78 is 0. The number of aromatic nitrogens is 1. The van der Waals surface area contributed by atoms with E-state index < -0.39 is 0 Å². The molecule has 32 heavy (non-hydrogen) atoms. The lowest BCUT2D eigenvalue weighted by Gasteiger charge is -2.12. The first-order valence-electron chi connectivity index (χ1n) is 10.6. The van der Waals surface area contributed by atoms with Crippen LogP contribution >= 0.6 is 0 Å². The van der Waals surface area contributed by atoms with Crippen molar-refractivity contribution in [3.05, 3.63) is 115 Å². The van der Waals surface area contributed by atoms with Crippen molar-refractivity contribution in [2.75, 3.05) is 0 Å². The van der Waals surface area contributed by atoms with Gasteiger partial charge in [-0.3, -0.25) is 4.98 Å². The van der Waals surface area contributed by atoms with Gasteiger partial charge in [0.25, 0.3) is 0 Å². The maximum absolute atomic E-state index is 9.14. The largest absolute Gasteiger partial charge is 0.263 e. The van der Waals surface area contributed by atoms with E-state index in [1.807, 2.05) is 6.07 Å². The van der Waals surface area contributed by atoms with Gasteiger partial charge in [0.15, 0.2) is 0 Å². The lowest BCUT2D eigenvalue weighted by molar-refractivity contribution is 1.30. The molecule has 0 aliphatic carbocycles. The molecule has 0 saturated carbocycles. The van der Waals surface area contributed by atoms with E-state index in [-0.39, 0.29) is 0 Å². The minimum atomic E-state index is 0.570. The van der Waals surface area contributed by atoms with Crippen LogP contribution in [0.5, 0.6) is 0 Å². The molecule has 0 aliphatic heterocycles. The van der Waals surface area contributed by atoms with Gasteiger partial charge in [-0.15, -0.1) is 0 Å². The van der Waals surface area contributed by atoms with Crippen LogP contribution in [0.3, 0.4) is 0 Å². The predicted octanol–water partition coefficient (Wildman–Crippen LogP) is 7.75. The zero-order valence-corrected chi connectivity index (χ0v) is 17.3. The third kappa shape index (κ3) is 2.92. The van der Waals surface area contributed by atoms with E-state index in [4.69, 9.17) is 5.26 Å². The van der Waals surface area contributed by atoms with E-state index in [0.717, 1.165) is 16.7 Å². The van der Waals surface area contributed by atoms with E-state index in [0.29, 0.717) is 5.56 Å². The van der Waals surface area contributed by atoms with Gasteiger partial charge >= 0.3 is 0 Å². The molecule has 0 unspecified atom stereocenters. The van der Waals surface area contributed by atoms with Crippen molar-refractivity contribution in [2.45, 2.75) is 0 Å². The highest BCUT2D eigenvalue weighted by molar-refractivity contribution is 6.25. The fourth-order valence-corrected chi connectivity index (χ4v) is 4.60. The van der Waals surface area contributed by atoms with Gasteiger partial charge in [0.1, 0.15) is 6.07 Å². The second kappa shape index (κ2) is 7.34. The number of pyridine rings is 1. The maximum Gasteiger partial charge on any atom is 0.101 e. The standard InChI is InChI=1S/C30H18N2/c31-17-20-15-24(19-32-18-20)22-11-9-21(10-12-22)23-13-14-29-27-7-2-1-5-25(27)26-6-3-4-8-28(26)30(29)16-23/h1-16,18-19H. The molecule has 6 aromatic rings. The highest BCUT2D eigenvalue weighted by Gasteiger charge is 2.09. The Morgan fingerprint density at radius 3 is 1.56 bits per heavy atom. The Bertz CT molecular complexity index is 1640. The number of benzene rings is 5. The van der Waals surface area contributed by atoms with Crippen LogP contribution in [0.2, 0.25) is 0 Å². The van der Waals surface area contributed by atoms with Crippen LogP contribution in [-0.2, 0) is 0 Å². The van der Waals surface area contributed by atoms with E-state index >= 15 is 0 Å². The molecule has 0 N–H and O–H groups in total. The maximum atomic E-state index is 9.14. The summed E-state index contributed by atoms with van der Waals surface area (Å²) in [5, 5.41) is 16.8. The van der Waals surface area contributed by atoms with Gasteiger partial charge in [0, 0.05) is 18.0 Å². The molecule has 2 heteroatoms. The van der Waals surface area contributed by atoms with Gasteiger partial charge in [-0.2, -0.15) is 5.26 Å². The summed E-state index contributed by atoms with van der Waals surface area (Å²) in [6.45, 7) is 0. The van der Waals surface area contributed by atoms with Gasteiger partial charge in [0.2, 0.25) is 0 Å². The summed E-state index contributed by atoms with van der Waals surface area (Å²) in [6, 6.07) is 36.5. The summed E-state index contributed by atoms with van der Waals surface area (Å²) in [6.07, 6.45) is 3.38. The van der Waals surface area contributed by atoms with Crippen molar-refractivity contribution in [1.82, 2.24) is 4.98 Å². The molecule has 148 valence electrons. The van der Waals surface area contributed by atoms with Gasteiger partial charge in [-0.05, 0) is 61.1 Å². The molecule has 0 radical (unpaired) electrons. The number of rotatable bonds is 2. The molecule has 0 aliphatic rings. The molecule has 1 heterocycles. The molecule has 0 fully saturated rings. The minimum Gasteiger partial charge on any atom is -0.263 e. The number of hydrogen-bond acceptors (Lipinski definition) is 2. The van der Waals surface area contributed by atoms with Crippen LogP contribution in [-0.4, -0.2) is 4.98 Å². The molecule has 0 bridgehead atoms. The molecule has 0 amide bonds. The smallest absolute Gasteiger partial charge is 0.101 e. The Balaban J connectivity index is 1.51. The van der Waals surface area contributed by atoms with E-state index in [1.54, 1.807) is 12.4 Å². The molecule has 0 spiro atoms. The summed E-state index contributed by atoms with van der Waals surface area (Å²) in [7, 11) is 0. The second-order valence-electron chi connectivity index (χ2n) is 8.00. The van der Waals surface area contributed by atoms with Gasteiger partial charge in [0.05, 0.1) is 5.56 Å². The van der Waals surface area contributed by atoms with Crippen molar-refractivity contribution < 1.29 is 0 Å². The van der Waals surface area contributed by atoms with Crippen molar-refractivity contribution >= 4 is 32.3 Å². The highest BCUT2D eigenvalue weighted by atomic mass is 14.6. The normalized spacial score (nSPS) is 11.1. The molecule has 5 aromatic carbocycles. The molecule has 2 nitrogen and oxygen atoms in total. The SMILES string of the molecule is N#Cc1cncc(-c2ccc(-c3ccc4c5ccccc5c5ccccc5c4c3)cc2)c1. The van der Waals surface area contributed by atoms with Crippen LogP contribution in [0, 0.1) is 11.3 Å². The molecule has 6 rings (SSSR count). The minimum absolute atomic E-state index is 0.570. The predicted molar refractivity (Wildman–Crippen MR) is 132 cm³/mol. The topological polar surface area (TPSA) is 36.7 Å². The molecule has 0 saturated heterocycles. The fourth-order valence-electron chi connectivity index (χ4n) is 4.60. The van der Waals surface area contributed by atoms with E-state index in [9.17, 15) is 0 Å². The Labute approximate surface area is 186 Å². The monoisotopic (exact) mass is 406 g/mol. The first-order valence-corrected chi connectivity index (χ1v) is 10.6. The van der Waals surface area contributed by atoms with Gasteiger partial charge < -0.3 is 0 Å². The summed E-state index contributed by atoms with van der Waals surface area (Å²) in [4.78, 5) is 4.18. The second-order valence-corrected chi connectivity index (χ2v) is 8.00. The Kier molecular flexibility index (Phi) is 4.20. The molecular formula is C30H18N2.